The molecule has 0 aromatic carbocycles. The summed E-state index contributed by atoms with van der Waals surface area (Å²) in [4.78, 5) is 0. The maximum Gasteiger partial charge on any atom is -0.0133 e. The maximum atomic E-state index is 2.42. The fraction of sp³-hybridized carbons (Fsp3) is 0.647. The Labute approximate surface area is 108 Å². The van der Waals surface area contributed by atoms with Gasteiger partial charge in [0.25, 0.3) is 0 Å². The van der Waals surface area contributed by atoms with Crippen molar-refractivity contribution in [3.8, 4) is 0 Å². The first kappa shape index (κ1) is 14.3. The molecular formula is C17H28. The lowest BCUT2D eigenvalue weighted by Crippen LogP contribution is -2.15. The Morgan fingerprint density at radius 3 is 2.59 bits per heavy atom. The zero-order valence-electron chi connectivity index (χ0n) is 12.2. The van der Waals surface area contributed by atoms with Crippen LogP contribution in [0.4, 0.5) is 0 Å². The molecule has 1 aliphatic rings. The van der Waals surface area contributed by atoms with Crippen molar-refractivity contribution in [3.63, 3.8) is 0 Å². The summed E-state index contributed by atoms with van der Waals surface area (Å²) in [5, 5.41) is 0. The first-order valence-corrected chi connectivity index (χ1v) is 6.94. The fourth-order valence-electron chi connectivity index (χ4n) is 2.21. The van der Waals surface area contributed by atoms with Gasteiger partial charge in [-0.1, -0.05) is 63.1 Å². The van der Waals surface area contributed by atoms with Crippen LogP contribution in [0.15, 0.2) is 35.5 Å². The van der Waals surface area contributed by atoms with Crippen LogP contribution in [-0.2, 0) is 0 Å². The molecule has 0 nitrogen and oxygen atoms in total. The summed E-state index contributed by atoms with van der Waals surface area (Å²) in [5.41, 5.74) is 3.51. The third kappa shape index (κ3) is 4.53. The SMILES string of the molecule is C/C(=C\CCC(C)(C)C1=CCC=CC1)C(C)C. The van der Waals surface area contributed by atoms with Gasteiger partial charge in [0.15, 0.2) is 0 Å². The smallest absolute Gasteiger partial charge is 0.0133 e. The lowest BCUT2D eigenvalue weighted by molar-refractivity contribution is 0.402. The first-order chi connectivity index (χ1) is 7.93. The van der Waals surface area contributed by atoms with E-state index in [-0.39, 0.29) is 0 Å². The minimum atomic E-state index is 0.360. The van der Waals surface area contributed by atoms with Crippen molar-refractivity contribution in [1.29, 1.82) is 0 Å². The van der Waals surface area contributed by atoms with Gasteiger partial charge in [-0.15, -0.1) is 0 Å². The van der Waals surface area contributed by atoms with Gasteiger partial charge in [0.2, 0.25) is 0 Å². The Hall–Kier alpha value is -0.780. The molecule has 0 spiro atoms. The van der Waals surface area contributed by atoms with Crippen LogP contribution in [0, 0.1) is 11.3 Å². The standard InChI is InChI=1S/C17H28/c1-14(2)15(3)10-9-13-17(4,5)16-11-7-6-8-12-16/h6-7,10,12,14H,8-9,11,13H2,1-5H3/b15-10+. The van der Waals surface area contributed by atoms with Crippen LogP contribution in [0.1, 0.15) is 60.3 Å². The van der Waals surface area contributed by atoms with Crippen LogP contribution < -0.4 is 0 Å². The van der Waals surface area contributed by atoms with Gasteiger partial charge in [0, 0.05) is 0 Å². The van der Waals surface area contributed by atoms with Crippen molar-refractivity contribution < 1.29 is 0 Å². The fourth-order valence-corrected chi connectivity index (χ4v) is 2.21. The molecule has 0 saturated carbocycles. The monoisotopic (exact) mass is 232 g/mol. The Morgan fingerprint density at radius 1 is 1.35 bits per heavy atom. The van der Waals surface area contributed by atoms with Gasteiger partial charge >= 0.3 is 0 Å². The highest BCUT2D eigenvalue weighted by atomic mass is 14.3. The normalized spacial score (nSPS) is 17.5. The van der Waals surface area contributed by atoms with E-state index in [0.717, 1.165) is 12.8 Å². The molecule has 96 valence electrons. The van der Waals surface area contributed by atoms with E-state index in [1.807, 2.05) is 0 Å². The molecule has 0 bridgehead atoms. The van der Waals surface area contributed by atoms with Crippen LogP contribution in [0.3, 0.4) is 0 Å². The maximum absolute atomic E-state index is 2.42. The first-order valence-electron chi connectivity index (χ1n) is 6.94. The lowest BCUT2D eigenvalue weighted by atomic mass is 9.77. The van der Waals surface area contributed by atoms with Crippen molar-refractivity contribution in [3.05, 3.63) is 35.5 Å². The third-order valence-electron chi connectivity index (χ3n) is 4.02. The van der Waals surface area contributed by atoms with Gasteiger partial charge in [-0.2, -0.15) is 0 Å². The second kappa shape index (κ2) is 6.23. The predicted octanol–water partition coefficient (Wildman–Crippen LogP) is 5.67. The van der Waals surface area contributed by atoms with E-state index in [4.69, 9.17) is 0 Å². The number of rotatable bonds is 5. The highest BCUT2D eigenvalue weighted by Crippen LogP contribution is 2.36. The summed E-state index contributed by atoms with van der Waals surface area (Å²) >= 11 is 0. The van der Waals surface area contributed by atoms with Gasteiger partial charge < -0.3 is 0 Å². The van der Waals surface area contributed by atoms with Gasteiger partial charge in [-0.05, 0) is 43.9 Å². The molecule has 0 aliphatic heterocycles. The Kier molecular flexibility index (Phi) is 5.24. The Bertz CT molecular complexity index is 324. The molecule has 0 heteroatoms. The summed E-state index contributed by atoms with van der Waals surface area (Å²) in [6, 6.07) is 0. The van der Waals surface area contributed by atoms with Gasteiger partial charge in [-0.25, -0.2) is 0 Å². The molecule has 0 aromatic rings. The van der Waals surface area contributed by atoms with Crippen LogP contribution in [0.25, 0.3) is 0 Å². The second-order valence-corrected chi connectivity index (χ2v) is 6.17. The van der Waals surface area contributed by atoms with E-state index >= 15 is 0 Å². The summed E-state index contributed by atoms with van der Waals surface area (Å²) in [6.07, 6.45) is 14.2. The van der Waals surface area contributed by atoms with Gasteiger partial charge in [0.05, 0.1) is 0 Å². The van der Waals surface area contributed by atoms with E-state index in [0.29, 0.717) is 11.3 Å². The molecule has 1 rings (SSSR count). The number of hydrogen-bond donors (Lipinski definition) is 0. The van der Waals surface area contributed by atoms with Crippen molar-refractivity contribution in [1.82, 2.24) is 0 Å². The Morgan fingerprint density at radius 2 is 2.06 bits per heavy atom. The highest BCUT2D eigenvalue weighted by molar-refractivity contribution is 5.21. The molecular weight excluding hydrogens is 204 g/mol. The number of allylic oxidation sites excluding steroid dienone is 6. The molecule has 0 N–H and O–H groups in total. The molecule has 0 radical (unpaired) electrons. The van der Waals surface area contributed by atoms with E-state index < -0.39 is 0 Å². The van der Waals surface area contributed by atoms with Crippen molar-refractivity contribution >= 4 is 0 Å². The van der Waals surface area contributed by atoms with Crippen LogP contribution in [0.5, 0.6) is 0 Å². The second-order valence-electron chi connectivity index (χ2n) is 6.17. The molecule has 0 amide bonds. The summed E-state index contributed by atoms with van der Waals surface area (Å²) in [7, 11) is 0. The van der Waals surface area contributed by atoms with Gasteiger partial charge in [0.1, 0.15) is 0 Å². The predicted molar refractivity (Wildman–Crippen MR) is 78.1 cm³/mol. The molecule has 0 fully saturated rings. The lowest BCUT2D eigenvalue weighted by Gasteiger charge is -2.29. The summed E-state index contributed by atoms with van der Waals surface area (Å²) in [5.74, 6) is 0.690. The highest BCUT2D eigenvalue weighted by Gasteiger charge is 2.22. The van der Waals surface area contributed by atoms with E-state index in [9.17, 15) is 0 Å². The van der Waals surface area contributed by atoms with Crippen molar-refractivity contribution in [2.45, 2.75) is 60.3 Å². The van der Waals surface area contributed by atoms with Gasteiger partial charge in [-0.3, -0.25) is 0 Å². The molecule has 1 aliphatic carbocycles. The number of hydrogen-bond acceptors (Lipinski definition) is 0. The van der Waals surface area contributed by atoms with E-state index in [1.165, 1.54) is 18.4 Å². The van der Waals surface area contributed by atoms with Crippen LogP contribution in [0.2, 0.25) is 0 Å². The molecule has 0 aromatic heterocycles. The molecule has 17 heavy (non-hydrogen) atoms. The minimum absolute atomic E-state index is 0.360. The zero-order valence-corrected chi connectivity index (χ0v) is 12.2. The quantitative estimate of drug-likeness (QED) is 0.536. The molecule has 0 heterocycles. The molecule has 0 atom stereocenters. The largest absolute Gasteiger partial charge is 0.0853 e. The Balaban J connectivity index is 2.50. The van der Waals surface area contributed by atoms with Crippen LogP contribution >= 0.6 is 0 Å². The summed E-state index contributed by atoms with van der Waals surface area (Å²) in [6.45, 7) is 11.6. The zero-order chi connectivity index (χ0) is 12.9. The van der Waals surface area contributed by atoms with Crippen molar-refractivity contribution in [2.24, 2.45) is 11.3 Å². The average Bonchev–Trinajstić information content (AvgIpc) is 2.29. The van der Waals surface area contributed by atoms with Crippen molar-refractivity contribution in [2.75, 3.05) is 0 Å². The third-order valence-corrected chi connectivity index (χ3v) is 4.02. The molecule has 0 unspecified atom stereocenters. The molecule has 0 saturated heterocycles. The van der Waals surface area contributed by atoms with E-state index in [2.05, 4.69) is 58.9 Å². The summed E-state index contributed by atoms with van der Waals surface area (Å²) < 4.78 is 0. The minimum Gasteiger partial charge on any atom is -0.0853 e. The van der Waals surface area contributed by atoms with E-state index in [1.54, 1.807) is 5.57 Å². The topological polar surface area (TPSA) is 0 Å². The van der Waals surface area contributed by atoms with Crippen LogP contribution in [-0.4, -0.2) is 0 Å². The average molecular weight is 232 g/mol.